The van der Waals surface area contributed by atoms with Crippen molar-refractivity contribution >= 4 is 23.6 Å². The summed E-state index contributed by atoms with van der Waals surface area (Å²) < 4.78 is 5.19. The van der Waals surface area contributed by atoms with Gasteiger partial charge in [0.15, 0.2) is 0 Å². The first-order valence-electron chi connectivity index (χ1n) is 8.21. The smallest absolute Gasteiger partial charge is 0.248 e. The lowest BCUT2D eigenvalue weighted by molar-refractivity contribution is -0.162. The van der Waals surface area contributed by atoms with E-state index < -0.39 is 0 Å². The lowest BCUT2D eigenvalue weighted by Crippen LogP contribution is -2.69. The number of rotatable bonds is 3. The van der Waals surface area contributed by atoms with E-state index >= 15 is 0 Å². The molecular weight excluding hydrogens is 326 g/mol. The number of piperazine rings is 2. The minimum atomic E-state index is -0.320. The zero-order valence-electron chi connectivity index (χ0n) is 13.7. The van der Waals surface area contributed by atoms with Crippen molar-refractivity contribution in [2.75, 3.05) is 38.4 Å². The topological polar surface area (TPSA) is 53.1 Å². The molecule has 3 saturated heterocycles. The third-order valence-electron chi connectivity index (χ3n) is 5.05. The van der Waals surface area contributed by atoms with Gasteiger partial charge in [-0.2, -0.15) is 0 Å². The van der Waals surface area contributed by atoms with Crippen LogP contribution in [0.25, 0.3) is 0 Å². The first-order valence-corrected chi connectivity index (χ1v) is 9.37. The summed E-state index contributed by atoms with van der Waals surface area (Å²) in [6.45, 7) is 2.85. The highest BCUT2D eigenvalue weighted by Gasteiger charge is 2.49. The van der Waals surface area contributed by atoms with Crippen molar-refractivity contribution in [2.24, 2.45) is 0 Å². The Kier molecular flexibility index (Phi) is 4.14. The fourth-order valence-electron chi connectivity index (χ4n) is 3.69. The molecule has 1 aromatic carbocycles. The Hall–Kier alpha value is -1.73. The summed E-state index contributed by atoms with van der Waals surface area (Å²) in [7, 11) is 1.66. The van der Waals surface area contributed by atoms with Crippen LogP contribution >= 0.6 is 11.8 Å². The number of methoxy groups -OCH3 is 1. The van der Waals surface area contributed by atoms with Gasteiger partial charge in [0.2, 0.25) is 11.8 Å². The van der Waals surface area contributed by atoms with Crippen LogP contribution in [0.2, 0.25) is 0 Å². The van der Waals surface area contributed by atoms with Crippen LogP contribution in [0.5, 0.6) is 5.75 Å². The molecule has 7 heteroatoms. The molecule has 0 unspecified atom stereocenters. The normalized spacial score (nSPS) is 27.2. The Labute approximate surface area is 145 Å². The number of thioether (sulfide) groups is 1. The number of benzene rings is 1. The number of fused-ring (bicyclic) bond motifs is 2. The van der Waals surface area contributed by atoms with Crippen LogP contribution in [0, 0.1) is 0 Å². The molecule has 6 nitrogen and oxygen atoms in total. The zero-order chi connectivity index (χ0) is 16.7. The van der Waals surface area contributed by atoms with E-state index in [-0.39, 0.29) is 23.9 Å². The van der Waals surface area contributed by atoms with E-state index in [2.05, 4.69) is 4.90 Å². The average molecular weight is 347 g/mol. The number of nitrogens with zero attached hydrogens (tertiary/aromatic N) is 3. The monoisotopic (exact) mass is 347 g/mol. The maximum Gasteiger partial charge on any atom is 0.248 e. The van der Waals surface area contributed by atoms with Crippen molar-refractivity contribution in [1.82, 2.24) is 14.7 Å². The van der Waals surface area contributed by atoms with Crippen molar-refractivity contribution in [3.05, 3.63) is 29.8 Å². The second-order valence-corrected chi connectivity index (χ2v) is 7.45. The number of carbonyl (C=O) groups excluding carboxylic acids is 2. The van der Waals surface area contributed by atoms with Crippen molar-refractivity contribution in [3.8, 4) is 5.75 Å². The van der Waals surface area contributed by atoms with E-state index in [0.29, 0.717) is 19.0 Å². The molecular formula is C17H21N3O3S. The summed E-state index contributed by atoms with van der Waals surface area (Å²) in [5.74, 6) is 2.48. The zero-order valence-corrected chi connectivity index (χ0v) is 14.5. The molecule has 0 bridgehead atoms. The Morgan fingerprint density at radius 3 is 2.58 bits per heavy atom. The first kappa shape index (κ1) is 15.8. The minimum absolute atomic E-state index is 0.115. The molecule has 0 radical (unpaired) electrons. The van der Waals surface area contributed by atoms with E-state index in [1.165, 1.54) is 5.56 Å². The molecule has 128 valence electrons. The molecule has 2 atom stereocenters. The first-order chi connectivity index (χ1) is 11.7. The lowest BCUT2D eigenvalue weighted by atomic mass is 10.0. The SMILES string of the molecule is COc1ccc(CN2CCN3C(=O)[C@@H]4CSCN4C(=O)[C@H]3C2)cc1. The summed E-state index contributed by atoms with van der Waals surface area (Å²) >= 11 is 1.67. The number of hydrogen-bond donors (Lipinski definition) is 0. The van der Waals surface area contributed by atoms with Crippen LogP contribution in [0.1, 0.15) is 5.56 Å². The van der Waals surface area contributed by atoms with Crippen LogP contribution in [0.15, 0.2) is 24.3 Å². The van der Waals surface area contributed by atoms with Gasteiger partial charge in [0.05, 0.1) is 13.0 Å². The highest BCUT2D eigenvalue weighted by Crippen LogP contribution is 2.30. The van der Waals surface area contributed by atoms with Crippen LogP contribution < -0.4 is 4.74 Å². The Balaban J connectivity index is 1.46. The van der Waals surface area contributed by atoms with Gasteiger partial charge < -0.3 is 14.5 Å². The molecule has 4 rings (SSSR count). The van der Waals surface area contributed by atoms with Gasteiger partial charge in [-0.3, -0.25) is 14.5 Å². The van der Waals surface area contributed by atoms with Crippen LogP contribution in [0.3, 0.4) is 0 Å². The summed E-state index contributed by atoms with van der Waals surface area (Å²) in [5.41, 5.74) is 1.19. The second kappa shape index (κ2) is 6.29. The van der Waals surface area contributed by atoms with Gasteiger partial charge in [0.1, 0.15) is 17.8 Å². The third-order valence-corrected chi connectivity index (χ3v) is 6.06. The number of carbonyl (C=O) groups is 2. The predicted octanol–water partition coefficient (Wildman–Crippen LogP) is 0.623. The second-order valence-electron chi connectivity index (χ2n) is 6.45. The Morgan fingerprint density at radius 2 is 1.83 bits per heavy atom. The molecule has 0 spiro atoms. The molecule has 3 heterocycles. The van der Waals surface area contributed by atoms with Crippen molar-refractivity contribution < 1.29 is 14.3 Å². The van der Waals surface area contributed by atoms with Crippen molar-refractivity contribution in [1.29, 1.82) is 0 Å². The Morgan fingerprint density at radius 1 is 1.08 bits per heavy atom. The maximum absolute atomic E-state index is 12.7. The molecule has 3 aliphatic rings. The van der Waals surface area contributed by atoms with Gasteiger partial charge in [-0.05, 0) is 17.7 Å². The molecule has 0 aromatic heterocycles. The van der Waals surface area contributed by atoms with Crippen LogP contribution in [-0.4, -0.2) is 77.0 Å². The fraction of sp³-hybridized carbons (Fsp3) is 0.529. The van der Waals surface area contributed by atoms with Gasteiger partial charge in [-0.25, -0.2) is 0 Å². The average Bonchev–Trinajstić information content (AvgIpc) is 3.10. The van der Waals surface area contributed by atoms with Crippen molar-refractivity contribution in [2.45, 2.75) is 18.6 Å². The molecule has 24 heavy (non-hydrogen) atoms. The molecule has 2 amide bonds. The highest BCUT2D eigenvalue weighted by atomic mass is 32.2. The van der Waals surface area contributed by atoms with E-state index in [0.717, 1.165) is 24.6 Å². The fourth-order valence-corrected chi connectivity index (χ4v) is 4.85. The van der Waals surface area contributed by atoms with Crippen LogP contribution in [-0.2, 0) is 16.1 Å². The standard InChI is InChI=1S/C17H21N3O3S/c1-23-13-4-2-12(3-5-13)8-18-6-7-19-14(9-18)16(21)20-11-24-10-15(20)17(19)22/h2-5,14-15H,6-11H2,1H3/t14-,15+/m1/s1. The maximum atomic E-state index is 12.7. The van der Waals surface area contributed by atoms with Gasteiger partial charge >= 0.3 is 0 Å². The van der Waals surface area contributed by atoms with E-state index in [9.17, 15) is 9.59 Å². The van der Waals surface area contributed by atoms with Crippen LogP contribution in [0.4, 0.5) is 0 Å². The largest absolute Gasteiger partial charge is 0.497 e. The molecule has 3 fully saturated rings. The predicted molar refractivity (Wildman–Crippen MR) is 91.7 cm³/mol. The van der Waals surface area contributed by atoms with E-state index in [1.807, 2.05) is 24.3 Å². The molecule has 0 N–H and O–H groups in total. The minimum Gasteiger partial charge on any atom is -0.497 e. The van der Waals surface area contributed by atoms with E-state index in [4.69, 9.17) is 4.74 Å². The quantitative estimate of drug-likeness (QED) is 0.803. The molecule has 3 aliphatic heterocycles. The van der Waals surface area contributed by atoms with Gasteiger partial charge in [0, 0.05) is 31.9 Å². The summed E-state index contributed by atoms with van der Waals surface area (Å²) in [4.78, 5) is 31.2. The summed E-state index contributed by atoms with van der Waals surface area (Å²) in [5, 5.41) is 0. The molecule has 0 aliphatic carbocycles. The molecule has 1 aromatic rings. The summed E-state index contributed by atoms with van der Waals surface area (Å²) in [6, 6.07) is 7.45. The summed E-state index contributed by atoms with van der Waals surface area (Å²) in [6.07, 6.45) is 0. The van der Waals surface area contributed by atoms with Gasteiger partial charge in [-0.15, -0.1) is 11.8 Å². The van der Waals surface area contributed by atoms with Gasteiger partial charge in [-0.1, -0.05) is 12.1 Å². The van der Waals surface area contributed by atoms with Crippen molar-refractivity contribution in [3.63, 3.8) is 0 Å². The number of ether oxygens (including phenoxy) is 1. The van der Waals surface area contributed by atoms with Gasteiger partial charge in [0.25, 0.3) is 0 Å². The third kappa shape index (κ3) is 2.65. The van der Waals surface area contributed by atoms with E-state index in [1.54, 1.807) is 28.7 Å². The Bertz CT molecular complexity index is 651. The molecule has 0 saturated carbocycles. The highest BCUT2D eigenvalue weighted by molar-refractivity contribution is 7.99. The number of hydrogen-bond acceptors (Lipinski definition) is 5. The lowest BCUT2D eigenvalue weighted by Gasteiger charge is -2.47. The number of amides is 2.